The van der Waals surface area contributed by atoms with E-state index in [-0.39, 0.29) is 27.7 Å². The zero-order chi connectivity index (χ0) is 23.7. The first-order valence-electron chi connectivity index (χ1n) is 9.22. The van der Waals surface area contributed by atoms with Gasteiger partial charge in [-0.05, 0) is 42.3 Å². The van der Waals surface area contributed by atoms with Crippen LogP contribution >= 0.6 is 0 Å². The highest BCUT2D eigenvalue weighted by atomic mass is 32.2. The molecule has 3 rings (SSSR count). The van der Waals surface area contributed by atoms with E-state index >= 15 is 0 Å². The summed E-state index contributed by atoms with van der Waals surface area (Å²) < 4.78 is 68.9. The molecule has 2 aromatic carbocycles. The molecule has 0 aliphatic carbocycles. The Bertz CT molecular complexity index is 1270. The van der Waals surface area contributed by atoms with Crippen LogP contribution in [0.15, 0.2) is 53.6 Å². The van der Waals surface area contributed by atoms with Gasteiger partial charge in [0, 0.05) is 5.69 Å². The number of halogens is 3. The molecule has 0 saturated carbocycles. The van der Waals surface area contributed by atoms with Crippen LogP contribution in [-0.2, 0) is 22.6 Å². The van der Waals surface area contributed by atoms with E-state index in [1.807, 2.05) is 0 Å². The number of nitrogens with two attached hydrogens (primary N) is 1. The number of carbonyl (C=O) groups is 1. The predicted molar refractivity (Wildman–Crippen MR) is 110 cm³/mol. The molecule has 32 heavy (non-hydrogen) atoms. The number of methoxy groups -OCH3 is 1. The highest BCUT2D eigenvalue weighted by molar-refractivity contribution is 7.89. The van der Waals surface area contributed by atoms with Crippen LogP contribution < -0.4 is 15.2 Å². The summed E-state index contributed by atoms with van der Waals surface area (Å²) in [6, 6.07) is 8.66. The van der Waals surface area contributed by atoms with Gasteiger partial charge in [0.2, 0.25) is 10.0 Å². The van der Waals surface area contributed by atoms with Gasteiger partial charge in [0.15, 0.2) is 11.4 Å². The third kappa shape index (κ3) is 4.92. The molecular weight excluding hydrogens is 449 g/mol. The van der Waals surface area contributed by atoms with Gasteiger partial charge < -0.3 is 10.1 Å². The number of nitrogens with zero attached hydrogens (tertiary/aromatic N) is 2. The van der Waals surface area contributed by atoms with Crippen molar-refractivity contribution in [2.45, 2.75) is 24.4 Å². The number of sulfonamides is 1. The minimum atomic E-state index is -4.54. The number of benzene rings is 2. The van der Waals surface area contributed by atoms with E-state index in [1.54, 1.807) is 6.92 Å². The van der Waals surface area contributed by atoms with Gasteiger partial charge in [-0.3, -0.25) is 4.79 Å². The lowest BCUT2D eigenvalue weighted by molar-refractivity contribution is -0.137. The molecule has 0 radical (unpaired) electrons. The van der Waals surface area contributed by atoms with Crippen molar-refractivity contribution < 1.29 is 31.1 Å². The molecule has 12 heteroatoms. The fourth-order valence-corrected chi connectivity index (χ4v) is 3.87. The smallest absolute Gasteiger partial charge is 0.416 e. The van der Waals surface area contributed by atoms with Crippen molar-refractivity contribution in [3.05, 3.63) is 65.5 Å². The van der Waals surface area contributed by atoms with Gasteiger partial charge in [-0.25, -0.2) is 18.2 Å². The Morgan fingerprint density at radius 3 is 2.53 bits per heavy atom. The molecule has 1 aromatic heterocycles. The Kier molecular flexibility index (Phi) is 6.28. The molecule has 0 bridgehead atoms. The van der Waals surface area contributed by atoms with E-state index in [0.29, 0.717) is 12.0 Å². The summed E-state index contributed by atoms with van der Waals surface area (Å²) in [5.74, 6) is -0.742. The standard InChI is InChI=1S/C20H19F3N4O4S/c1-3-12-7-8-14(10-17(12)32(24,29)30)25-19(28)18-16(31-2)11-27(26-18)15-6-4-5-13(9-15)20(21,22)23/h4-11H,3H2,1-2H3,(H,25,28)(H2,24,29,30). The third-order valence-corrected chi connectivity index (χ3v) is 5.56. The number of hydrogen-bond acceptors (Lipinski definition) is 5. The second-order valence-electron chi connectivity index (χ2n) is 6.71. The Balaban J connectivity index is 1.95. The van der Waals surface area contributed by atoms with E-state index in [2.05, 4.69) is 10.4 Å². The average Bonchev–Trinajstić information content (AvgIpc) is 3.17. The van der Waals surface area contributed by atoms with Crippen LogP contribution in [0.3, 0.4) is 0 Å². The van der Waals surface area contributed by atoms with Crippen molar-refractivity contribution in [2.75, 3.05) is 12.4 Å². The number of alkyl halides is 3. The van der Waals surface area contributed by atoms with Gasteiger partial charge in [-0.2, -0.15) is 18.3 Å². The lowest BCUT2D eigenvalue weighted by Gasteiger charge is -2.10. The molecule has 1 amide bonds. The molecule has 3 aromatic rings. The molecule has 0 atom stereocenters. The van der Waals surface area contributed by atoms with E-state index in [9.17, 15) is 26.4 Å². The number of amides is 1. The minimum Gasteiger partial charge on any atom is -0.493 e. The number of rotatable bonds is 6. The summed E-state index contributed by atoms with van der Waals surface area (Å²) in [5.41, 5.74) is -0.381. The molecule has 8 nitrogen and oxygen atoms in total. The maximum atomic E-state index is 13.0. The first-order chi connectivity index (χ1) is 14.9. The number of anilines is 1. The SMILES string of the molecule is CCc1ccc(NC(=O)c2nn(-c3cccc(C(F)(F)F)c3)cc2OC)cc1S(N)(=O)=O. The highest BCUT2D eigenvalue weighted by Gasteiger charge is 2.31. The number of aryl methyl sites for hydroxylation is 1. The largest absolute Gasteiger partial charge is 0.493 e. The van der Waals surface area contributed by atoms with E-state index in [0.717, 1.165) is 16.8 Å². The van der Waals surface area contributed by atoms with Gasteiger partial charge in [-0.1, -0.05) is 19.1 Å². The first kappa shape index (κ1) is 23.3. The van der Waals surface area contributed by atoms with Crippen molar-refractivity contribution in [2.24, 2.45) is 5.14 Å². The maximum Gasteiger partial charge on any atom is 0.416 e. The van der Waals surface area contributed by atoms with Crippen molar-refractivity contribution >= 4 is 21.6 Å². The number of nitrogens with one attached hydrogen (secondary N) is 1. The molecule has 3 N–H and O–H groups in total. The van der Waals surface area contributed by atoms with Crippen LogP contribution in [0.1, 0.15) is 28.5 Å². The van der Waals surface area contributed by atoms with Crippen LogP contribution in [0.25, 0.3) is 5.69 Å². The summed E-state index contributed by atoms with van der Waals surface area (Å²) in [6.45, 7) is 1.76. The Morgan fingerprint density at radius 1 is 1.22 bits per heavy atom. The number of hydrogen-bond donors (Lipinski definition) is 2. The lowest BCUT2D eigenvalue weighted by Crippen LogP contribution is -2.17. The quantitative estimate of drug-likeness (QED) is 0.576. The summed E-state index contributed by atoms with van der Waals surface area (Å²) in [5, 5.41) is 11.8. The topological polar surface area (TPSA) is 116 Å². The Labute approximate surface area is 181 Å². The molecule has 0 unspecified atom stereocenters. The summed E-state index contributed by atoms with van der Waals surface area (Å²) >= 11 is 0. The Hall–Kier alpha value is -3.38. The van der Waals surface area contributed by atoms with E-state index in [4.69, 9.17) is 9.88 Å². The minimum absolute atomic E-state index is 0.0109. The van der Waals surface area contributed by atoms with E-state index in [1.165, 1.54) is 43.6 Å². The predicted octanol–water partition coefficient (Wildman–Crippen LogP) is 3.36. The van der Waals surface area contributed by atoms with Crippen molar-refractivity contribution in [1.29, 1.82) is 0 Å². The van der Waals surface area contributed by atoms with Crippen LogP contribution in [-0.4, -0.2) is 31.2 Å². The molecule has 0 fully saturated rings. The second kappa shape index (κ2) is 8.63. The van der Waals surface area contributed by atoms with Gasteiger partial charge in [0.1, 0.15) is 0 Å². The van der Waals surface area contributed by atoms with Crippen molar-refractivity contribution in [3.63, 3.8) is 0 Å². The van der Waals surface area contributed by atoms with Crippen LogP contribution in [0.2, 0.25) is 0 Å². The number of ether oxygens (including phenoxy) is 1. The van der Waals surface area contributed by atoms with E-state index < -0.39 is 27.7 Å². The van der Waals surface area contributed by atoms with Gasteiger partial charge in [-0.15, -0.1) is 0 Å². The number of carbonyl (C=O) groups excluding carboxylic acids is 1. The molecule has 170 valence electrons. The zero-order valence-electron chi connectivity index (χ0n) is 17.0. The zero-order valence-corrected chi connectivity index (χ0v) is 17.8. The van der Waals surface area contributed by atoms with Crippen LogP contribution in [0.5, 0.6) is 5.75 Å². The van der Waals surface area contributed by atoms with Crippen LogP contribution in [0.4, 0.5) is 18.9 Å². The molecular formula is C20H19F3N4O4S. The fourth-order valence-electron chi connectivity index (χ4n) is 3.00. The average molecular weight is 468 g/mol. The van der Waals surface area contributed by atoms with Gasteiger partial charge in [0.25, 0.3) is 5.91 Å². The molecule has 0 spiro atoms. The monoisotopic (exact) mass is 468 g/mol. The second-order valence-corrected chi connectivity index (χ2v) is 8.24. The van der Waals surface area contributed by atoms with Crippen LogP contribution in [0, 0.1) is 0 Å². The highest BCUT2D eigenvalue weighted by Crippen LogP contribution is 2.31. The fraction of sp³-hybridized carbons (Fsp3) is 0.200. The van der Waals surface area contributed by atoms with Gasteiger partial charge in [0.05, 0.1) is 29.5 Å². The Morgan fingerprint density at radius 2 is 1.94 bits per heavy atom. The third-order valence-electron chi connectivity index (χ3n) is 4.57. The number of primary sulfonamides is 1. The van der Waals surface area contributed by atoms with Crippen molar-refractivity contribution in [3.8, 4) is 11.4 Å². The maximum absolute atomic E-state index is 13.0. The molecule has 0 aliphatic heterocycles. The number of aromatic nitrogens is 2. The summed E-state index contributed by atoms with van der Waals surface area (Å²) in [7, 11) is -2.74. The molecule has 1 heterocycles. The summed E-state index contributed by atoms with van der Waals surface area (Å²) in [4.78, 5) is 12.6. The summed E-state index contributed by atoms with van der Waals surface area (Å²) in [6.07, 6.45) is -2.87. The molecule has 0 aliphatic rings. The lowest BCUT2D eigenvalue weighted by atomic mass is 10.1. The molecule has 0 saturated heterocycles. The van der Waals surface area contributed by atoms with Gasteiger partial charge >= 0.3 is 6.18 Å². The first-order valence-corrected chi connectivity index (χ1v) is 10.8. The normalized spacial score (nSPS) is 11.9. The van der Waals surface area contributed by atoms with Crippen molar-refractivity contribution in [1.82, 2.24) is 9.78 Å².